The van der Waals surface area contributed by atoms with E-state index in [-0.39, 0.29) is 24.8 Å². The summed E-state index contributed by atoms with van der Waals surface area (Å²) >= 11 is 0. The fourth-order valence-corrected chi connectivity index (χ4v) is 3.90. The van der Waals surface area contributed by atoms with Crippen LogP contribution in [0.15, 0.2) is 72.4 Å². The van der Waals surface area contributed by atoms with E-state index < -0.39 is 5.91 Å². The van der Waals surface area contributed by atoms with Gasteiger partial charge in [-0.1, -0.05) is 48.5 Å². The number of aliphatic hydroxyl groups excluding tert-OH is 1. The summed E-state index contributed by atoms with van der Waals surface area (Å²) in [5, 5.41) is 11.2. The maximum absolute atomic E-state index is 13.6. The molecule has 158 valence electrons. The van der Waals surface area contributed by atoms with E-state index in [1.54, 1.807) is 42.3 Å². The van der Waals surface area contributed by atoms with Gasteiger partial charge in [-0.05, 0) is 36.1 Å². The lowest BCUT2D eigenvalue weighted by atomic mass is 10.0. The van der Waals surface area contributed by atoms with Crippen LogP contribution < -0.4 is 9.64 Å². The molecule has 1 aliphatic rings. The number of ether oxygens (including phenoxy) is 1. The molecule has 3 aromatic rings. The van der Waals surface area contributed by atoms with Gasteiger partial charge >= 0.3 is 0 Å². The molecule has 0 bridgehead atoms. The van der Waals surface area contributed by atoms with E-state index in [0.29, 0.717) is 29.2 Å². The molecule has 0 saturated heterocycles. The van der Waals surface area contributed by atoms with E-state index >= 15 is 0 Å². The SMILES string of the molecule is CCOc1ccc(C2=C(N(C)CCO)C(=O)N(c3cccc4ccccc34)C2=O)cc1. The largest absolute Gasteiger partial charge is 0.494 e. The Kier molecular flexibility index (Phi) is 5.73. The van der Waals surface area contributed by atoms with Crippen molar-refractivity contribution in [3.05, 3.63) is 78.0 Å². The highest BCUT2D eigenvalue weighted by molar-refractivity contribution is 6.46. The number of amides is 2. The van der Waals surface area contributed by atoms with Gasteiger partial charge in [0.25, 0.3) is 11.8 Å². The van der Waals surface area contributed by atoms with Crippen LogP contribution in [0.2, 0.25) is 0 Å². The van der Waals surface area contributed by atoms with Gasteiger partial charge in [-0.15, -0.1) is 0 Å². The molecule has 0 saturated carbocycles. The summed E-state index contributed by atoms with van der Waals surface area (Å²) in [6, 6.07) is 20.4. The number of benzene rings is 3. The second kappa shape index (κ2) is 8.62. The predicted octanol–water partition coefficient (Wildman–Crippen LogP) is 3.45. The number of carbonyl (C=O) groups excluding carboxylic acids is 2. The number of aliphatic hydroxyl groups is 1. The Bertz CT molecular complexity index is 1160. The van der Waals surface area contributed by atoms with Crippen molar-refractivity contribution in [3.8, 4) is 5.75 Å². The third-order valence-corrected chi connectivity index (χ3v) is 5.34. The molecule has 31 heavy (non-hydrogen) atoms. The Hall–Kier alpha value is -3.64. The summed E-state index contributed by atoms with van der Waals surface area (Å²) < 4.78 is 5.50. The van der Waals surface area contributed by atoms with Gasteiger partial charge in [0, 0.05) is 19.0 Å². The van der Waals surface area contributed by atoms with Crippen LogP contribution in [0.5, 0.6) is 5.75 Å². The van der Waals surface area contributed by atoms with Crippen molar-refractivity contribution in [3.63, 3.8) is 0 Å². The zero-order valence-electron chi connectivity index (χ0n) is 17.5. The average molecular weight is 416 g/mol. The fraction of sp³-hybridized carbons (Fsp3) is 0.200. The van der Waals surface area contributed by atoms with E-state index in [2.05, 4.69) is 0 Å². The first-order valence-electron chi connectivity index (χ1n) is 10.2. The van der Waals surface area contributed by atoms with Gasteiger partial charge in [-0.2, -0.15) is 0 Å². The smallest absolute Gasteiger partial charge is 0.282 e. The monoisotopic (exact) mass is 416 g/mol. The van der Waals surface area contributed by atoms with Gasteiger partial charge in [0.2, 0.25) is 0 Å². The molecule has 0 unspecified atom stereocenters. The van der Waals surface area contributed by atoms with Crippen LogP contribution in [0.1, 0.15) is 12.5 Å². The minimum absolute atomic E-state index is 0.133. The molecule has 4 rings (SSSR count). The van der Waals surface area contributed by atoms with Gasteiger partial charge in [-0.25, -0.2) is 4.90 Å². The first-order chi connectivity index (χ1) is 15.1. The molecule has 1 heterocycles. The highest BCUT2D eigenvalue weighted by Gasteiger charge is 2.42. The van der Waals surface area contributed by atoms with Crippen LogP contribution in [0.25, 0.3) is 16.3 Å². The normalized spacial score (nSPS) is 14.0. The quantitative estimate of drug-likeness (QED) is 0.598. The molecule has 1 N–H and O–H groups in total. The third kappa shape index (κ3) is 3.66. The first kappa shape index (κ1) is 20.6. The Morgan fingerprint density at radius 2 is 1.65 bits per heavy atom. The van der Waals surface area contributed by atoms with Crippen LogP contribution in [-0.4, -0.2) is 48.6 Å². The highest BCUT2D eigenvalue weighted by atomic mass is 16.5. The molecule has 1 aliphatic heterocycles. The lowest BCUT2D eigenvalue weighted by molar-refractivity contribution is -0.120. The minimum atomic E-state index is -0.402. The summed E-state index contributed by atoms with van der Waals surface area (Å²) in [5.74, 6) is -0.0914. The first-order valence-corrected chi connectivity index (χ1v) is 10.2. The fourth-order valence-electron chi connectivity index (χ4n) is 3.90. The zero-order chi connectivity index (χ0) is 22.0. The standard InChI is InChI=1S/C25H24N2O4/c1-3-31-19-13-11-18(12-14-19)22-23(26(2)15-16-28)25(30)27(24(22)29)21-10-6-8-17-7-4-5-9-20(17)21/h4-14,28H,3,15-16H2,1-2H3. The molecule has 0 aromatic heterocycles. The van der Waals surface area contributed by atoms with Crippen molar-refractivity contribution >= 4 is 33.8 Å². The van der Waals surface area contributed by atoms with Crippen molar-refractivity contribution < 1.29 is 19.4 Å². The third-order valence-electron chi connectivity index (χ3n) is 5.34. The number of nitrogens with zero attached hydrogens (tertiary/aromatic N) is 2. The van der Waals surface area contributed by atoms with Gasteiger partial charge < -0.3 is 14.7 Å². The topological polar surface area (TPSA) is 70.1 Å². The Morgan fingerprint density at radius 3 is 2.35 bits per heavy atom. The maximum atomic E-state index is 13.6. The minimum Gasteiger partial charge on any atom is -0.494 e. The van der Waals surface area contributed by atoms with Gasteiger partial charge in [-0.3, -0.25) is 9.59 Å². The molecule has 3 aromatic carbocycles. The molecule has 2 amide bonds. The van der Waals surface area contributed by atoms with Gasteiger partial charge in [0.05, 0.1) is 24.5 Å². The van der Waals surface area contributed by atoms with Crippen molar-refractivity contribution in [1.82, 2.24) is 4.90 Å². The predicted molar refractivity (Wildman–Crippen MR) is 121 cm³/mol. The maximum Gasteiger partial charge on any atom is 0.282 e. The molecule has 0 radical (unpaired) electrons. The summed E-state index contributed by atoms with van der Waals surface area (Å²) in [5.41, 5.74) is 1.77. The highest BCUT2D eigenvalue weighted by Crippen LogP contribution is 2.37. The number of imide groups is 1. The van der Waals surface area contributed by atoms with Gasteiger partial charge in [0.15, 0.2) is 0 Å². The lowest BCUT2D eigenvalue weighted by Crippen LogP contribution is -2.35. The van der Waals surface area contributed by atoms with Crippen molar-refractivity contribution in [2.45, 2.75) is 6.92 Å². The second-order valence-electron chi connectivity index (χ2n) is 7.27. The summed E-state index contributed by atoms with van der Waals surface area (Å²) in [6.07, 6.45) is 0. The number of hydrogen-bond donors (Lipinski definition) is 1. The van der Waals surface area contributed by atoms with Crippen molar-refractivity contribution in [2.75, 3.05) is 31.7 Å². The molecular formula is C25H24N2O4. The van der Waals surface area contributed by atoms with E-state index in [4.69, 9.17) is 4.74 Å². The summed E-state index contributed by atoms with van der Waals surface area (Å²) in [4.78, 5) is 30.0. The molecule has 0 spiro atoms. The van der Waals surface area contributed by atoms with Crippen LogP contribution in [0.3, 0.4) is 0 Å². The number of anilines is 1. The Morgan fingerprint density at radius 1 is 0.935 bits per heavy atom. The molecular weight excluding hydrogens is 392 g/mol. The Labute approximate surface area is 181 Å². The van der Waals surface area contributed by atoms with E-state index in [1.165, 1.54) is 4.90 Å². The Balaban J connectivity index is 1.84. The van der Waals surface area contributed by atoms with Crippen LogP contribution >= 0.6 is 0 Å². The van der Waals surface area contributed by atoms with Crippen LogP contribution in [0.4, 0.5) is 5.69 Å². The van der Waals surface area contributed by atoms with E-state index in [0.717, 1.165) is 10.8 Å². The van der Waals surface area contributed by atoms with E-state index in [9.17, 15) is 14.7 Å². The van der Waals surface area contributed by atoms with Crippen LogP contribution in [-0.2, 0) is 9.59 Å². The van der Waals surface area contributed by atoms with E-state index in [1.807, 2.05) is 43.3 Å². The number of fused-ring (bicyclic) bond motifs is 1. The van der Waals surface area contributed by atoms with Crippen LogP contribution in [0, 0.1) is 0 Å². The molecule has 6 nitrogen and oxygen atoms in total. The summed E-state index contributed by atoms with van der Waals surface area (Å²) in [7, 11) is 1.71. The second-order valence-corrected chi connectivity index (χ2v) is 7.27. The van der Waals surface area contributed by atoms with Gasteiger partial charge in [0.1, 0.15) is 11.4 Å². The molecule has 6 heteroatoms. The van der Waals surface area contributed by atoms with Crippen molar-refractivity contribution in [1.29, 1.82) is 0 Å². The number of rotatable bonds is 7. The molecule has 0 atom stereocenters. The lowest BCUT2D eigenvalue weighted by Gasteiger charge is -2.21. The number of likely N-dealkylation sites (N-methyl/N-ethyl adjacent to an activating group) is 1. The molecule has 0 fully saturated rings. The summed E-state index contributed by atoms with van der Waals surface area (Å²) in [6.45, 7) is 2.54. The number of carbonyl (C=O) groups is 2. The molecule has 0 aliphatic carbocycles. The zero-order valence-corrected chi connectivity index (χ0v) is 17.5. The average Bonchev–Trinajstić information content (AvgIpc) is 3.04. The van der Waals surface area contributed by atoms with Crippen molar-refractivity contribution in [2.24, 2.45) is 0 Å². The number of hydrogen-bond acceptors (Lipinski definition) is 5.